The Morgan fingerprint density at radius 1 is 1.00 bits per heavy atom. The van der Waals surface area contributed by atoms with Crippen molar-refractivity contribution in [3.05, 3.63) is 59.6 Å². The molecule has 30 heavy (non-hydrogen) atoms. The van der Waals surface area contributed by atoms with Gasteiger partial charge in [0.05, 0.1) is 19.9 Å². The summed E-state index contributed by atoms with van der Waals surface area (Å²) in [7, 11) is 3.15. The fourth-order valence-corrected chi connectivity index (χ4v) is 4.52. The van der Waals surface area contributed by atoms with Crippen LogP contribution >= 0.6 is 0 Å². The van der Waals surface area contributed by atoms with Crippen LogP contribution < -0.4 is 14.4 Å². The van der Waals surface area contributed by atoms with E-state index in [2.05, 4.69) is 18.8 Å². The first kappa shape index (κ1) is 20.1. The van der Waals surface area contributed by atoms with Crippen LogP contribution in [0.25, 0.3) is 0 Å². The molecule has 4 rings (SSSR count). The topological polar surface area (TPSA) is 68.7 Å². The second kappa shape index (κ2) is 7.59. The summed E-state index contributed by atoms with van der Waals surface area (Å²) in [5.74, 6) is 1.00. The number of carbonyl (C=O) groups is 2. The molecule has 6 nitrogen and oxygen atoms in total. The van der Waals surface area contributed by atoms with Gasteiger partial charge in [0, 0.05) is 60.6 Å². The number of pyridine rings is 1. The van der Waals surface area contributed by atoms with Crippen LogP contribution in [0.5, 0.6) is 11.5 Å². The minimum atomic E-state index is -0.247. The number of aromatic nitrogens is 1. The van der Waals surface area contributed by atoms with Gasteiger partial charge in [0.1, 0.15) is 11.5 Å². The molecule has 1 aliphatic heterocycles. The first-order chi connectivity index (χ1) is 14.3. The van der Waals surface area contributed by atoms with Crippen LogP contribution in [0.2, 0.25) is 0 Å². The average molecular weight is 406 g/mol. The van der Waals surface area contributed by atoms with Crippen molar-refractivity contribution in [2.24, 2.45) is 5.41 Å². The number of Topliss-reactive ketones (excluding diaryl/α,β-unsaturated/α-hetero) is 1. The van der Waals surface area contributed by atoms with E-state index in [0.717, 1.165) is 16.8 Å². The molecule has 0 N–H and O–H groups in total. The van der Waals surface area contributed by atoms with Gasteiger partial charge < -0.3 is 9.47 Å². The van der Waals surface area contributed by atoms with Gasteiger partial charge in [-0.2, -0.15) is 0 Å². The third-order valence-electron chi connectivity index (χ3n) is 5.85. The number of ketones is 1. The van der Waals surface area contributed by atoms with Crippen LogP contribution in [0.4, 0.5) is 5.69 Å². The lowest BCUT2D eigenvalue weighted by Crippen LogP contribution is -2.43. The Hall–Kier alpha value is -3.15. The summed E-state index contributed by atoms with van der Waals surface area (Å²) in [6.45, 7) is 4.14. The van der Waals surface area contributed by atoms with E-state index >= 15 is 0 Å². The summed E-state index contributed by atoms with van der Waals surface area (Å²) >= 11 is 0. The summed E-state index contributed by atoms with van der Waals surface area (Å²) in [5, 5.41) is 0. The van der Waals surface area contributed by atoms with E-state index in [-0.39, 0.29) is 29.4 Å². The molecule has 1 unspecified atom stereocenters. The minimum absolute atomic E-state index is 0.0450. The summed E-state index contributed by atoms with van der Waals surface area (Å²) in [4.78, 5) is 32.5. The molecule has 2 aliphatic rings. The summed E-state index contributed by atoms with van der Waals surface area (Å²) in [5.41, 5.74) is 2.90. The standard InChI is InChI=1S/C24H26N2O4/c1-24(2)13-20-23(21(27)14-24)19(15-5-7-25-8-6-15)12-22(28)26(20)16-9-17(29-3)11-18(10-16)30-4/h5-11,19H,12-14H2,1-4H3. The van der Waals surface area contributed by atoms with E-state index in [9.17, 15) is 9.59 Å². The highest BCUT2D eigenvalue weighted by molar-refractivity contribution is 6.08. The molecule has 2 heterocycles. The van der Waals surface area contributed by atoms with Crippen LogP contribution in [-0.4, -0.2) is 30.9 Å². The third kappa shape index (κ3) is 3.58. The Labute approximate surface area is 176 Å². The van der Waals surface area contributed by atoms with E-state index in [1.165, 1.54) is 0 Å². The third-order valence-corrected chi connectivity index (χ3v) is 5.85. The number of hydrogen-bond acceptors (Lipinski definition) is 5. The zero-order valence-corrected chi connectivity index (χ0v) is 17.8. The van der Waals surface area contributed by atoms with Crippen molar-refractivity contribution in [1.29, 1.82) is 0 Å². The van der Waals surface area contributed by atoms with Crippen LogP contribution in [0.1, 0.15) is 44.6 Å². The van der Waals surface area contributed by atoms with Crippen molar-refractivity contribution in [2.75, 3.05) is 19.1 Å². The lowest BCUT2D eigenvalue weighted by molar-refractivity contribution is -0.121. The Morgan fingerprint density at radius 3 is 2.23 bits per heavy atom. The van der Waals surface area contributed by atoms with Gasteiger partial charge in [-0.1, -0.05) is 13.8 Å². The van der Waals surface area contributed by atoms with Crippen LogP contribution in [0.15, 0.2) is 54.0 Å². The van der Waals surface area contributed by atoms with Crippen molar-refractivity contribution in [3.8, 4) is 11.5 Å². The summed E-state index contributed by atoms with van der Waals surface area (Å²) < 4.78 is 10.8. The van der Waals surface area contributed by atoms with Gasteiger partial charge in [-0.05, 0) is 29.5 Å². The fraction of sp³-hybridized carbons (Fsp3) is 0.375. The lowest BCUT2D eigenvalue weighted by Gasteiger charge is -2.43. The highest BCUT2D eigenvalue weighted by Crippen LogP contribution is 2.48. The van der Waals surface area contributed by atoms with Crippen molar-refractivity contribution in [2.45, 2.75) is 39.0 Å². The maximum atomic E-state index is 13.4. The number of nitrogens with zero attached hydrogens (tertiary/aromatic N) is 2. The second-order valence-electron chi connectivity index (χ2n) is 8.64. The first-order valence-corrected chi connectivity index (χ1v) is 10.0. The molecule has 0 saturated carbocycles. The van der Waals surface area contributed by atoms with Gasteiger partial charge in [-0.3, -0.25) is 19.5 Å². The number of carbonyl (C=O) groups excluding carboxylic acids is 2. The second-order valence-corrected chi connectivity index (χ2v) is 8.64. The minimum Gasteiger partial charge on any atom is -0.497 e. The molecule has 0 radical (unpaired) electrons. The molecule has 1 aromatic carbocycles. The maximum absolute atomic E-state index is 13.4. The Bertz CT molecular complexity index is 1000. The van der Waals surface area contributed by atoms with E-state index in [1.54, 1.807) is 37.6 Å². The highest BCUT2D eigenvalue weighted by Gasteiger charge is 2.44. The van der Waals surface area contributed by atoms with E-state index in [1.807, 2.05) is 24.3 Å². The molecule has 6 heteroatoms. The predicted octanol–water partition coefficient (Wildman–Crippen LogP) is 4.26. The molecule has 0 spiro atoms. The molecule has 2 aromatic rings. The van der Waals surface area contributed by atoms with E-state index in [0.29, 0.717) is 30.0 Å². The first-order valence-electron chi connectivity index (χ1n) is 10.0. The highest BCUT2D eigenvalue weighted by atomic mass is 16.5. The molecule has 1 atom stereocenters. The molecule has 0 fully saturated rings. The van der Waals surface area contributed by atoms with Crippen molar-refractivity contribution < 1.29 is 19.1 Å². The van der Waals surface area contributed by atoms with E-state index < -0.39 is 0 Å². The molecular weight excluding hydrogens is 380 g/mol. The van der Waals surface area contributed by atoms with Gasteiger partial charge >= 0.3 is 0 Å². The largest absolute Gasteiger partial charge is 0.497 e. The van der Waals surface area contributed by atoms with Gasteiger partial charge in [0.2, 0.25) is 5.91 Å². The van der Waals surface area contributed by atoms with Crippen molar-refractivity contribution in [1.82, 2.24) is 4.98 Å². The monoisotopic (exact) mass is 406 g/mol. The summed E-state index contributed by atoms with van der Waals surface area (Å²) in [6, 6.07) is 9.16. The normalized spacial score (nSPS) is 20.8. The van der Waals surface area contributed by atoms with E-state index in [4.69, 9.17) is 9.47 Å². The fourth-order valence-electron chi connectivity index (χ4n) is 4.52. The predicted molar refractivity (Wildman–Crippen MR) is 114 cm³/mol. The Kier molecular flexibility index (Phi) is 5.10. The van der Waals surface area contributed by atoms with Gasteiger partial charge in [0.25, 0.3) is 0 Å². The molecule has 1 aromatic heterocycles. The number of allylic oxidation sites excluding steroid dienone is 2. The smallest absolute Gasteiger partial charge is 0.232 e. The number of methoxy groups -OCH3 is 2. The number of benzene rings is 1. The zero-order chi connectivity index (χ0) is 21.5. The molecule has 1 aliphatic carbocycles. The average Bonchev–Trinajstić information content (AvgIpc) is 2.72. The van der Waals surface area contributed by atoms with Crippen molar-refractivity contribution in [3.63, 3.8) is 0 Å². The number of rotatable bonds is 4. The van der Waals surface area contributed by atoms with Crippen LogP contribution in [-0.2, 0) is 9.59 Å². The van der Waals surface area contributed by atoms with Gasteiger partial charge in [0.15, 0.2) is 5.78 Å². The Morgan fingerprint density at radius 2 is 1.63 bits per heavy atom. The van der Waals surface area contributed by atoms with Gasteiger partial charge in [-0.25, -0.2) is 0 Å². The Balaban J connectivity index is 1.91. The maximum Gasteiger partial charge on any atom is 0.232 e. The number of ether oxygens (including phenoxy) is 2. The summed E-state index contributed by atoms with van der Waals surface area (Å²) in [6.07, 6.45) is 4.75. The number of hydrogen-bond donors (Lipinski definition) is 0. The molecule has 0 saturated heterocycles. The molecule has 156 valence electrons. The van der Waals surface area contributed by atoms with Crippen LogP contribution in [0, 0.1) is 5.41 Å². The number of amides is 1. The molecule has 1 amide bonds. The van der Waals surface area contributed by atoms with Crippen LogP contribution in [0.3, 0.4) is 0 Å². The van der Waals surface area contributed by atoms with Gasteiger partial charge in [-0.15, -0.1) is 0 Å². The quantitative estimate of drug-likeness (QED) is 0.759. The van der Waals surface area contributed by atoms with Crippen molar-refractivity contribution >= 4 is 17.4 Å². The SMILES string of the molecule is COc1cc(OC)cc(N2C(=O)CC(c3ccncc3)C3=C2CC(C)(C)CC3=O)c1. The zero-order valence-electron chi connectivity index (χ0n) is 17.8. The number of anilines is 1. The lowest BCUT2D eigenvalue weighted by atomic mass is 9.69. The molecular formula is C24H26N2O4. The molecule has 0 bridgehead atoms.